The van der Waals surface area contributed by atoms with Crippen LogP contribution in [0.1, 0.15) is 27.0 Å². The second kappa shape index (κ2) is 12.9. The lowest BCUT2D eigenvalue weighted by Gasteiger charge is -2.15. The lowest BCUT2D eigenvalue weighted by Crippen LogP contribution is -2.44. The number of aliphatic carboxylic acids is 1. The third-order valence-electron chi connectivity index (χ3n) is 6.88. The Kier molecular flexibility index (Phi) is 9.05. The molecule has 1 aromatic heterocycles. The zero-order valence-electron chi connectivity index (χ0n) is 22.8. The van der Waals surface area contributed by atoms with E-state index in [4.69, 9.17) is 27.9 Å². The van der Waals surface area contributed by atoms with Crippen molar-refractivity contribution in [1.82, 2.24) is 14.9 Å². The summed E-state index contributed by atoms with van der Waals surface area (Å²) in [4.78, 5) is 29.5. The molecule has 220 valence electrons. The summed E-state index contributed by atoms with van der Waals surface area (Å²) in [6.45, 7) is 1.96. The first kappa shape index (κ1) is 30.2. The van der Waals surface area contributed by atoms with Crippen molar-refractivity contribution >= 4 is 46.1 Å². The minimum Gasteiger partial charge on any atom is -0.480 e. The number of hydrogen-bond acceptors (Lipinski definition) is 4. The van der Waals surface area contributed by atoms with Gasteiger partial charge in [-0.2, -0.15) is 0 Å². The molecule has 5 rings (SSSR count). The molecule has 0 aliphatic carbocycles. The number of benzene rings is 4. The molecule has 0 fully saturated rings. The van der Waals surface area contributed by atoms with E-state index in [1.165, 1.54) is 18.2 Å². The third kappa shape index (κ3) is 6.85. The highest BCUT2D eigenvalue weighted by atomic mass is 35.5. The Bertz CT molecular complexity index is 1810. The number of nitrogens with zero attached hydrogens (tertiary/aromatic N) is 2. The number of carbonyl (C=O) groups is 2. The number of rotatable bonds is 10. The van der Waals surface area contributed by atoms with E-state index in [0.29, 0.717) is 21.1 Å². The van der Waals surface area contributed by atoms with Crippen LogP contribution < -0.4 is 5.32 Å². The SMILES string of the molecule is Cc1cc(Cl)cc(Cl)c1Cn1c(-c2ccc(F)cc2F)nc2cc(C(=O)NC(COCc3ccccc3)C(=O)O)ccc21. The molecule has 0 aliphatic rings. The number of hydrogen-bond donors (Lipinski definition) is 2. The lowest BCUT2D eigenvalue weighted by molar-refractivity contribution is -0.141. The number of carboxylic acid groups (broad SMARTS) is 1. The van der Waals surface area contributed by atoms with Crippen molar-refractivity contribution < 1.29 is 28.2 Å². The minimum absolute atomic E-state index is 0.0489. The molecule has 5 aromatic rings. The van der Waals surface area contributed by atoms with Crippen molar-refractivity contribution in [2.24, 2.45) is 0 Å². The van der Waals surface area contributed by atoms with Crippen molar-refractivity contribution in [3.05, 3.63) is 123 Å². The van der Waals surface area contributed by atoms with Gasteiger partial charge < -0.3 is 19.7 Å². The highest BCUT2D eigenvalue weighted by molar-refractivity contribution is 6.35. The van der Waals surface area contributed by atoms with Gasteiger partial charge in [-0.1, -0.05) is 53.5 Å². The van der Waals surface area contributed by atoms with Gasteiger partial charge in [0, 0.05) is 21.7 Å². The van der Waals surface area contributed by atoms with Gasteiger partial charge in [0.25, 0.3) is 5.91 Å². The van der Waals surface area contributed by atoms with Crippen molar-refractivity contribution in [3.8, 4) is 11.4 Å². The number of halogens is 4. The third-order valence-corrected chi connectivity index (χ3v) is 7.44. The van der Waals surface area contributed by atoms with Gasteiger partial charge in [0.1, 0.15) is 17.5 Å². The van der Waals surface area contributed by atoms with Crippen LogP contribution in [0.25, 0.3) is 22.4 Å². The van der Waals surface area contributed by atoms with Gasteiger partial charge in [-0.15, -0.1) is 0 Å². The molecule has 1 unspecified atom stereocenters. The molecule has 43 heavy (non-hydrogen) atoms. The Morgan fingerprint density at radius 3 is 2.49 bits per heavy atom. The van der Waals surface area contributed by atoms with E-state index < -0.39 is 29.6 Å². The smallest absolute Gasteiger partial charge is 0.328 e. The van der Waals surface area contributed by atoms with Gasteiger partial charge in [0.05, 0.1) is 36.4 Å². The van der Waals surface area contributed by atoms with Crippen LogP contribution in [-0.2, 0) is 22.7 Å². The van der Waals surface area contributed by atoms with Gasteiger partial charge in [-0.3, -0.25) is 4.79 Å². The largest absolute Gasteiger partial charge is 0.480 e. The van der Waals surface area contributed by atoms with E-state index in [1.807, 2.05) is 37.3 Å². The van der Waals surface area contributed by atoms with Crippen LogP contribution in [0.15, 0.2) is 78.9 Å². The average molecular weight is 624 g/mol. The first-order chi connectivity index (χ1) is 20.6. The maximum absolute atomic E-state index is 15.0. The predicted molar refractivity (Wildman–Crippen MR) is 160 cm³/mol. The molecule has 0 saturated carbocycles. The Labute approximate surface area is 255 Å². The molecule has 0 saturated heterocycles. The molecule has 0 spiro atoms. The molecule has 1 atom stereocenters. The molecular formula is C32H25Cl2F2N3O4. The molecular weight excluding hydrogens is 599 g/mol. The van der Waals surface area contributed by atoms with Crippen molar-refractivity contribution in [1.29, 1.82) is 0 Å². The van der Waals surface area contributed by atoms with Crippen LogP contribution in [0, 0.1) is 18.6 Å². The fraction of sp³-hybridized carbons (Fsp3) is 0.156. The zero-order valence-corrected chi connectivity index (χ0v) is 24.3. The van der Waals surface area contributed by atoms with E-state index in [-0.39, 0.29) is 36.7 Å². The topological polar surface area (TPSA) is 93.5 Å². The number of aromatic nitrogens is 2. The minimum atomic E-state index is -1.30. The quantitative estimate of drug-likeness (QED) is 0.174. The summed E-state index contributed by atoms with van der Waals surface area (Å²) in [5.74, 6) is -3.27. The maximum atomic E-state index is 15.0. The number of amides is 1. The number of aryl methyl sites for hydroxylation is 1. The molecule has 11 heteroatoms. The van der Waals surface area contributed by atoms with Crippen molar-refractivity contribution in [3.63, 3.8) is 0 Å². The Hall–Kier alpha value is -4.31. The maximum Gasteiger partial charge on any atom is 0.328 e. The molecule has 0 bridgehead atoms. The molecule has 0 radical (unpaired) electrons. The molecule has 1 heterocycles. The van der Waals surface area contributed by atoms with Crippen molar-refractivity contribution in [2.45, 2.75) is 26.1 Å². The first-order valence-electron chi connectivity index (χ1n) is 13.2. The van der Waals surface area contributed by atoms with Crippen LogP contribution >= 0.6 is 23.2 Å². The number of carboxylic acids is 1. The van der Waals surface area contributed by atoms with E-state index in [0.717, 1.165) is 28.8 Å². The normalized spacial score (nSPS) is 11.9. The summed E-state index contributed by atoms with van der Waals surface area (Å²) in [6.07, 6.45) is 0. The predicted octanol–water partition coefficient (Wildman–Crippen LogP) is 7.04. The standard InChI is InChI=1S/C32H25Cl2F2N3O4/c1-18-11-21(33)13-25(34)24(18)15-39-29-10-7-20(12-27(29)37-30(39)23-9-8-22(35)14-26(23)36)31(40)38-28(32(41)42)17-43-16-19-5-3-2-4-6-19/h2-14,28H,15-17H2,1H3,(H,38,40)(H,41,42). The number of imidazole rings is 1. The number of fused-ring (bicyclic) bond motifs is 1. The first-order valence-corrected chi connectivity index (χ1v) is 13.9. The van der Waals surface area contributed by atoms with E-state index in [2.05, 4.69) is 10.3 Å². The van der Waals surface area contributed by atoms with E-state index in [1.54, 1.807) is 22.8 Å². The second-order valence-electron chi connectivity index (χ2n) is 9.90. The summed E-state index contributed by atoms with van der Waals surface area (Å²) < 4.78 is 35.9. The number of carbonyl (C=O) groups excluding carboxylic acids is 1. The highest BCUT2D eigenvalue weighted by Gasteiger charge is 2.23. The van der Waals surface area contributed by atoms with Gasteiger partial charge in [-0.25, -0.2) is 18.6 Å². The van der Waals surface area contributed by atoms with Gasteiger partial charge in [0.2, 0.25) is 0 Å². The number of ether oxygens (including phenoxy) is 1. The Balaban J connectivity index is 1.46. The van der Waals surface area contributed by atoms with Crippen LogP contribution in [0.5, 0.6) is 0 Å². The Morgan fingerprint density at radius 1 is 1.02 bits per heavy atom. The molecule has 1 amide bonds. The van der Waals surface area contributed by atoms with E-state index >= 15 is 0 Å². The van der Waals surface area contributed by atoms with Crippen molar-refractivity contribution in [2.75, 3.05) is 6.61 Å². The molecule has 2 N–H and O–H groups in total. The van der Waals surface area contributed by atoms with Crippen LogP contribution in [0.4, 0.5) is 8.78 Å². The van der Waals surface area contributed by atoms with Gasteiger partial charge >= 0.3 is 5.97 Å². The zero-order chi connectivity index (χ0) is 30.7. The lowest BCUT2D eigenvalue weighted by atomic mass is 10.1. The second-order valence-corrected chi connectivity index (χ2v) is 10.7. The summed E-state index contributed by atoms with van der Waals surface area (Å²) in [5.41, 5.74) is 3.45. The average Bonchev–Trinajstić information content (AvgIpc) is 3.31. The van der Waals surface area contributed by atoms with Crippen LogP contribution in [0.3, 0.4) is 0 Å². The summed E-state index contributed by atoms with van der Waals surface area (Å²) in [7, 11) is 0. The fourth-order valence-corrected chi connectivity index (χ4v) is 5.34. The summed E-state index contributed by atoms with van der Waals surface area (Å²) in [5, 5.41) is 13.0. The monoisotopic (exact) mass is 623 g/mol. The van der Waals surface area contributed by atoms with Gasteiger partial charge in [0.15, 0.2) is 6.04 Å². The molecule has 0 aliphatic heterocycles. The molecule has 4 aromatic carbocycles. The van der Waals surface area contributed by atoms with Crippen LogP contribution in [0.2, 0.25) is 10.0 Å². The molecule has 7 nitrogen and oxygen atoms in total. The van der Waals surface area contributed by atoms with E-state index in [9.17, 15) is 23.5 Å². The highest BCUT2D eigenvalue weighted by Crippen LogP contribution is 2.32. The fourth-order valence-electron chi connectivity index (χ4n) is 4.68. The summed E-state index contributed by atoms with van der Waals surface area (Å²) in [6, 6.07) is 19.1. The number of nitrogens with one attached hydrogen (secondary N) is 1. The van der Waals surface area contributed by atoms with Crippen LogP contribution in [-0.4, -0.2) is 39.2 Å². The Morgan fingerprint density at radius 2 is 1.79 bits per heavy atom. The summed E-state index contributed by atoms with van der Waals surface area (Å²) >= 11 is 12.7. The van der Waals surface area contributed by atoms with Gasteiger partial charge in [-0.05, 0) is 66.1 Å².